The number of non-ortho nitro benzene ring substituents is 1. The van der Waals surface area contributed by atoms with Crippen LogP contribution in [0.2, 0.25) is 0 Å². The van der Waals surface area contributed by atoms with Gasteiger partial charge in [0.1, 0.15) is 0 Å². The zero-order valence-corrected chi connectivity index (χ0v) is 13.2. The van der Waals surface area contributed by atoms with Crippen molar-refractivity contribution in [3.63, 3.8) is 0 Å². The van der Waals surface area contributed by atoms with Crippen molar-refractivity contribution >= 4 is 29.0 Å². The van der Waals surface area contributed by atoms with Crippen LogP contribution in [0.25, 0.3) is 6.08 Å². The molecule has 5 nitrogen and oxygen atoms in total. The Morgan fingerprint density at radius 2 is 2.04 bits per heavy atom. The van der Waals surface area contributed by atoms with Crippen LogP contribution >= 0.6 is 11.3 Å². The molecule has 0 saturated heterocycles. The molecule has 0 N–H and O–H groups in total. The SMILES string of the molecule is C=CCN(Cc1cccs1)C(=O)/C=C/c1ccc([N+](=O)[O-])cc1. The zero-order chi connectivity index (χ0) is 16.7. The number of carbonyl (C=O) groups excluding carboxylic acids is 1. The molecule has 1 heterocycles. The third kappa shape index (κ3) is 4.89. The molecule has 0 saturated carbocycles. The number of nitro groups is 1. The van der Waals surface area contributed by atoms with Crippen molar-refractivity contribution in [2.24, 2.45) is 0 Å². The fourth-order valence-electron chi connectivity index (χ4n) is 1.96. The van der Waals surface area contributed by atoms with Crippen LogP contribution < -0.4 is 0 Å². The van der Waals surface area contributed by atoms with Gasteiger partial charge in [0.05, 0.1) is 11.5 Å². The van der Waals surface area contributed by atoms with Gasteiger partial charge in [-0.1, -0.05) is 12.1 Å². The molecule has 0 atom stereocenters. The largest absolute Gasteiger partial charge is 0.330 e. The summed E-state index contributed by atoms with van der Waals surface area (Å²) in [4.78, 5) is 25.2. The highest BCUT2D eigenvalue weighted by atomic mass is 32.1. The van der Waals surface area contributed by atoms with Crippen molar-refractivity contribution in [2.45, 2.75) is 6.54 Å². The average Bonchev–Trinajstić information content (AvgIpc) is 3.05. The van der Waals surface area contributed by atoms with E-state index in [9.17, 15) is 14.9 Å². The molecule has 0 spiro atoms. The number of nitrogens with zero attached hydrogens (tertiary/aromatic N) is 2. The summed E-state index contributed by atoms with van der Waals surface area (Å²) in [6.07, 6.45) is 4.81. The van der Waals surface area contributed by atoms with E-state index in [0.29, 0.717) is 13.1 Å². The topological polar surface area (TPSA) is 63.5 Å². The fraction of sp³-hybridized carbons (Fsp3) is 0.118. The van der Waals surface area contributed by atoms with Crippen LogP contribution in [0.15, 0.2) is 60.5 Å². The lowest BCUT2D eigenvalue weighted by Gasteiger charge is -2.18. The van der Waals surface area contributed by atoms with Gasteiger partial charge in [0.2, 0.25) is 5.91 Å². The molecule has 0 radical (unpaired) electrons. The first-order chi connectivity index (χ1) is 11.1. The molecule has 1 aromatic carbocycles. The van der Waals surface area contributed by atoms with Crippen LogP contribution in [0.3, 0.4) is 0 Å². The number of nitro benzene ring substituents is 1. The lowest BCUT2D eigenvalue weighted by Crippen LogP contribution is -2.28. The summed E-state index contributed by atoms with van der Waals surface area (Å²) in [5, 5.41) is 12.6. The molecule has 2 rings (SSSR count). The van der Waals surface area contributed by atoms with Crippen LogP contribution in [0.4, 0.5) is 5.69 Å². The highest BCUT2D eigenvalue weighted by molar-refractivity contribution is 7.09. The molecule has 0 aliphatic rings. The predicted molar refractivity (Wildman–Crippen MR) is 92.1 cm³/mol. The molecule has 118 valence electrons. The summed E-state index contributed by atoms with van der Waals surface area (Å²) >= 11 is 1.60. The van der Waals surface area contributed by atoms with Crippen LogP contribution in [0.5, 0.6) is 0 Å². The fourth-order valence-corrected chi connectivity index (χ4v) is 2.68. The van der Waals surface area contributed by atoms with Gasteiger partial charge in [-0.2, -0.15) is 0 Å². The van der Waals surface area contributed by atoms with E-state index in [1.165, 1.54) is 18.2 Å². The second kappa shape index (κ2) is 8.05. The maximum Gasteiger partial charge on any atom is 0.269 e. The number of hydrogen-bond donors (Lipinski definition) is 0. The number of thiophene rings is 1. The normalized spacial score (nSPS) is 10.6. The van der Waals surface area contributed by atoms with Crippen molar-refractivity contribution in [3.05, 3.63) is 81.1 Å². The van der Waals surface area contributed by atoms with E-state index < -0.39 is 4.92 Å². The number of amides is 1. The third-order valence-electron chi connectivity index (χ3n) is 3.11. The molecule has 1 aromatic heterocycles. The van der Waals surface area contributed by atoms with E-state index in [2.05, 4.69) is 6.58 Å². The van der Waals surface area contributed by atoms with Gasteiger partial charge in [-0.05, 0) is 35.2 Å². The van der Waals surface area contributed by atoms with Gasteiger partial charge in [-0.15, -0.1) is 17.9 Å². The van der Waals surface area contributed by atoms with E-state index in [0.717, 1.165) is 10.4 Å². The minimum atomic E-state index is -0.453. The lowest BCUT2D eigenvalue weighted by atomic mass is 10.2. The first-order valence-electron chi connectivity index (χ1n) is 6.95. The van der Waals surface area contributed by atoms with Crippen LogP contribution in [0, 0.1) is 10.1 Å². The number of benzene rings is 1. The third-order valence-corrected chi connectivity index (χ3v) is 3.97. The van der Waals surface area contributed by atoms with E-state index in [1.807, 2.05) is 17.5 Å². The second-order valence-corrected chi connectivity index (χ2v) is 5.80. The van der Waals surface area contributed by atoms with E-state index >= 15 is 0 Å². The summed E-state index contributed by atoms with van der Waals surface area (Å²) in [5.74, 6) is -0.128. The first-order valence-corrected chi connectivity index (χ1v) is 7.83. The van der Waals surface area contributed by atoms with Gasteiger partial charge >= 0.3 is 0 Å². The Hall–Kier alpha value is -2.73. The molecule has 2 aromatic rings. The Bertz CT molecular complexity index is 706. The van der Waals surface area contributed by atoms with Crippen LogP contribution in [0.1, 0.15) is 10.4 Å². The smallest absolute Gasteiger partial charge is 0.269 e. The standard InChI is InChI=1S/C17H16N2O3S/c1-2-11-18(13-16-4-3-12-23-16)17(20)10-7-14-5-8-15(9-6-14)19(21)22/h2-10,12H,1,11,13H2/b10-7+. The number of carbonyl (C=O) groups is 1. The van der Waals surface area contributed by atoms with E-state index in [4.69, 9.17) is 0 Å². The van der Waals surface area contributed by atoms with Crippen LogP contribution in [-0.2, 0) is 11.3 Å². The Kier molecular flexibility index (Phi) is 5.82. The quantitative estimate of drug-likeness (QED) is 0.335. The summed E-state index contributed by atoms with van der Waals surface area (Å²) in [6.45, 7) is 4.67. The zero-order valence-electron chi connectivity index (χ0n) is 12.4. The van der Waals surface area contributed by atoms with Crippen molar-refractivity contribution < 1.29 is 9.72 Å². The minimum absolute atomic E-state index is 0.0273. The monoisotopic (exact) mass is 328 g/mol. The Morgan fingerprint density at radius 1 is 1.30 bits per heavy atom. The minimum Gasteiger partial charge on any atom is -0.330 e. The predicted octanol–water partition coefficient (Wildman–Crippen LogP) is 3.88. The molecule has 0 fully saturated rings. The maximum atomic E-state index is 12.3. The lowest BCUT2D eigenvalue weighted by molar-refractivity contribution is -0.384. The summed E-state index contributed by atoms with van der Waals surface area (Å²) in [5.41, 5.74) is 0.762. The maximum absolute atomic E-state index is 12.3. The van der Waals surface area contributed by atoms with Gasteiger partial charge in [-0.3, -0.25) is 14.9 Å². The number of rotatable bonds is 7. The molecule has 0 aliphatic heterocycles. The summed E-state index contributed by atoms with van der Waals surface area (Å²) in [7, 11) is 0. The average molecular weight is 328 g/mol. The van der Waals surface area contributed by atoms with Crippen molar-refractivity contribution in [3.8, 4) is 0 Å². The van der Waals surface area contributed by atoms with Gasteiger partial charge < -0.3 is 4.90 Å². The Labute approximate surface area is 138 Å². The molecular weight excluding hydrogens is 312 g/mol. The number of hydrogen-bond acceptors (Lipinski definition) is 4. The molecule has 0 bridgehead atoms. The molecule has 0 aliphatic carbocycles. The summed E-state index contributed by atoms with van der Waals surface area (Å²) in [6, 6.07) is 9.98. The summed E-state index contributed by atoms with van der Waals surface area (Å²) < 4.78 is 0. The van der Waals surface area contributed by atoms with Crippen molar-refractivity contribution in [2.75, 3.05) is 6.54 Å². The van der Waals surface area contributed by atoms with Gasteiger partial charge in [-0.25, -0.2) is 0 Å². The second-order valence-electron chi connectivity index (χ2n) is 4.77. The molecule has 0 unspecified atom stereocenters. The molecule has 6 heteroatoms. The van der Waals surface area contributed by atoms with Gasteiger partial charge in [0.15, 0.2) is 0 Å². The van der Waals surface area contributed by atoms with Crippen LogP contribution in [-0.4, -0.2) is 22.3 Å². The molecule has 23 heavy (non-hydrogen) atoms. The van der Waals surface area contributed by atoms with Gasteiger partial charge in [0, 0.05) is 29.6 Å². The highest BCUT2D eigenvalue weighted by Gasteiger charge is 2.10. The Morgan fingerprint density at radius 3 is 2.61 bits per heavy atom. The molecule has 1 amide bonds. The Balaban J connectivity index is 2.04. The van der Waals surface area contributed by atoms with Crippen molar-refractivity contribution in [1.82, 2.24) is 4.90 Å². The highest BCUT2D eigenvalue weighted by Crippen LogP contribution is 2.14. The first kappa shape index (κ1) is 16.6. The molecular formula is C17H16N2O3S. The van der Waals surface area contributed by atoms with E-state index in [1.54, 1.807) is 40.5 Å². The van der Waals surface area contributed by atoms with E-state index in [-0.39, 0.29) is 11.6 Å². The van der Waals surface area contributed by atoms with Crippen molar-refractivity contribution in [1.29, 1.82) is 0 Å². The van der Waals surface area contributed by atoms with Gasteiger partial charge in [0.25, 0.3) is 5.69 Å².